The fraction of sp³-hybridized carbons (Fsp3) is 0.467. The first-order chi connectivity index (χ1) is 9.47. The molecule has 0 spiro atoms. The van der Waals surface area contributed by atoms with Gasteiger partial charge in [0.25, 0.3) is 0 Å². The van der Waals surface area contributed by atoms with E-state index in [1.807, 2.05) is 0 Å². The van der Waals surface area contributed by atoms with E-state index in [9.17, 15) is 14.0 Å². The number of aryl methyl sites for hydroxylation is 1. The van der Waals surface area contributed by atoms with Gasteiger partial charge < -0.3 is 10.1 Å². The van der Waals surface area contributed by atoms with Gasteiger partial charge >= 0.3 is 5.97 Å². The van der Waals surface area contributed by atoms with Crippen LogP contribution in [-0.2, 0) is 20.7 Å². The van der Waals surface area contributed by atoms with E-state index in [1.165, 1.54) is 12.1 Å². The molecule has 20 heavy (non-hydrogen) atoms. The molecule has 1 N–H and O–H groups in total. The summed E-state index contributed by atoms with van der Waals surface area (Å²) < 4.78 is 17.6. The number of ether oxygens (including phenoxy) is 1. The van der Waals surface area contributed by atoms with Crippen LogP contribution in [0.5, 0.6) is 0 Å². The number of benzene rings is 1. The van der Waals surface area contributed by atoms with E-state index in [2.05, 4.69) is 5.32 Å². The number of hydrogen-bond acceptors (Lipinski definition) is 3. The highest BCUT2D eigenvalue weighted by Gasteiger charge is 2.07. The summed E-state index contributed by atoms with van der Waals surface area (Å²) in [5.41, 5.74) is 0.903. The Morgan fingerprint density at radius 1 is 1.20 bits per heavy atom. The molecule has 5 heteroatoms. The lowest BCUT2D eigenvalue weighted by Gasteiger charge is -2.08. The number of hydrogen-bond donors (Lipinski definition) is 1. The molecule has 0 aliphatic rings. The van der Waals surface area contributed by atoms with Crippen LogP contribution in [0, 0.1) is 5.82 Å². The molecule has 0 aliphatic heterocycles. The second kappa shape index (κ2) is 8.30. The molecule has 0 heterocycles. The summed E-state index contributed by atoms with van der Waals surface area (Å²) in [4.78, 5) is 22.8. The van der Waals surface area contributed by atoms with Crippen LogP contribution in [0.3, 0.4) is 0 Å². The van der Waals surface area contributed by atoms with Crippen LogP contribution in [0.4, 0.5) is 4.39 Å². The van der Waals surface area contributed by atoms with Gasteiger partial charge in [-0.1, -0.05) is 12.1 Å². The van der Waals surface area contributed by atoms with Gasteiger partial charge in [-0.25, -0.2) is 4.39 Å². The number of nitrogens with one attached hydrogen (secondary N) is 1. The Labute approximate surface area is 118 Å². The second-order valence-corrected chi connectivity index (χ2v) is 4.77. The predicted octanol–water partition coefficient (Wildman–Crippen LogP) is 2.22. The van der Waals surface area contributed by atoms with Gasteiger partial charge in [0.15, 0.2) is 0 Å². The van der Waals surface area contributed by atoms with Gasteiger partial charge in [0.1, 0.15) is 5.82 Å². The molecule has 110 valence electrons. The van der Waals surface area contributed by atoms with Gasteiger partial charge in [0.2, 0.25) is 5.91 Å². The minimum Gasteiger partial charge on any atom is -0.463 e. The Morgan fingerprint density at radius 3 is 2.45 bits per heavy atom. The summed E-state index contributed by atoms with van der Waals surface area (Å²) in [7, 11) is 0. The molecule has 0 saturated heterocycles. The maximum Gasteiger partial charge on any atom is 0.307 e. The molecule has 4 nitrogen and oxygen atoms in total. The third kappa shape index (κ3) is 6.87. The Morgan fingerprint density at radius 2 is 1.85 bits per heavy atom. The molecule has 0 atom stereocenters. The van der Waals surface area contributed by atoms with Crippen molar-refractivity contribution in [3.05, 3.63) is 35.6 Å². The molecule has 1 aromatic rings. The number of rotatable bonds is 7. The number of carbonyl (C=O) groups is 2. The largest absolute Gasteiger partial charge is 0.463 e. The summed E-state index contributed by atoms with van der Waals surface area (Å²) >= 11 is 0. The molecular weight excluding hydrogens is 261 g/mol. The normalized spacial score (nSPS) is 10.4. The number of halogens is 1. The summed E-state index contributed by atoms with van der Waals surface area (Å²) in [5, 5.41) is 2.65. The number of carbonyl (C=O) groups excluding carboxylic acids is 2. The van der Waals surface area contributed by atoms with E-state index in [-0.39, 0.29) is 36.8 Å². The van der Waals surface area contributed by atoms with Crippen molar-refractivity contribution in [3.63, 3.8) is 0 Å². The molecule has 0 aromatic heterocycles. The first-order valence-electron chi connectivity index (χ1n) is 6.68. The van der Waals surface area contributed by atoms with Crippen LogP contribution in [0.25, 0.3) is 0 Å². The lowest BCUT2D eigenvalue weighted by Crippen LogP contribution is -2.27. The fourth-order valence-electron chi connectivity index (χ4n) is 1.62. The van der Waals surface area contributed by atoms with Crippen molar-refractivity contribution in [2.75, 3.05) is 6.54 Å². The number of amides is 1. The van der Waals surface area contributed by atoms with E-state index < -0.39 is 0 Å². The number of esters is 1. The van der Waals surface area contributed by atoms with Crippen molar-refractivity contribution in [2.24, 2.45) is 0 Å². The van der Waals surface area contributed by atoms with E-state index in [0.717, 1.165) is 5.56 Å². The smallest absolute Gasteiger partial charge is 0.307 e. The standard InChI is InChI=1S/C15H20FNO3/c1-11(2)20-15(19)9-10-17-14(18)8-5-12-3-6-13(16)7-4-12/h3-4,6-7,11H,5,8-10H2,1-2H3,(H,17,18). The third-order valence-electron chi connectivity index (χ3n) is 2.57. The van der Waals surface area contributed by atoms with Crippen molar-refractivity contribution in [1.29, 1.82) is 0 Å². The Hall–Kier alpha value is -1.91. The summed E-state index contributed by atoms with van der Waals surface area (Å²) in [6.45, 7) is 3.83. The van der Waals surface area contributed by atoms with Crippen LogP contribution in [0.2, 0.25) is 0 Å². The summed E-state index contributed by atoms with van der Waals surface area (Å²) in [6.07, 6.45) is 0.880. The average Bonchev–Trinajstić information content (AvgIpc) is 2.37. The highest BCUT2D eigenvalue weighted by Crippen LogP contribution is 2.05. The zero-order valence-corrected chi connectivity index (χ0v) is 11.8. The SMILES string of the molecule is CC(C)OC(=O)CCNC(=O)CCc1ccc(F)cc1. The van der Waals surface area contributed by atoms with Crippen LogP contribution >= 0.6 is 0 Å². The second-order valence-electron chi connectivity index (χ2n) is 4.77. The van der Waals surface area contributed by atoms with Gasteiger partial charge in [0.05, 0.1) is 12.5 Å². The highest BCUT2D eigenvalue weighted by atomic mass is 19.1. The molecule has 0 aliphatic carbocycles. The zero-order chi connectivity index (χ0) is 15.0. The molecular formula is C15H20FNO3. The van der Waals surface area contributed by atoms with Gasteiger partial charge in [-0.2, -0.15) is 0 Å². The Kier molecular flexibility index (Phi) is 6.70. The average molecular weight is 281 g/mol. The van der Waals surface area contributed by atoms with Crippen LogP contribution < -0.4 is 5.32 Å². The maximum absolute atomic E-state index is 12.7. The minimum atomic E-state index is -0.321. The first kappa shape index (κ1) is 16.1. The van der Waals surface area contributed by atoms with Crippen molar-refractivity contribution in [3.8, 4) is 0 Å². The molecule has 0 radical (unpaired) electrons. The lowest BCUT2D eigenvalue weighted by molar-refractivity contribution is -0.147. The van der Waals surface area contributed by atoms with Gasteiger partial charge in [-0.3, -0.25) is 9.59 Å². The molecule has 1 amide bonds. The quantitative estimate of drug-likeness (QED) is 0.780. The van der Waals surface area contributed by atoms with E-state index in [4.69, 9.17) is 4.74 Å². The third-order valence-corrected chi connectivity index (χ3v) is 2.57. The summed E-state index contributed by atoms with van der Waals surface area (Å²) in [6, 6.07) is 6.05. The minimum absolute atomic E-state index is 0.133. The molecule has 0 unspecified atom stereocenters. The topological polar surface area (TPSA) is 55.4 Å². The summed E-state index contributed by atoms with van der Waals surface area (Å²) in [5.74, 6) is -0.743. The van der Waals surface area contributed by atoms with Crippen LogP contribution in [0.1, 0.15) is 32.3 Å². The molecule has 1 aromatic carbocycles. The van der Waals surface area contributed by atoms with Gasteiger partial charge in [-0.05, 0) is 38.0 Å². The van der Waals surface area contributed by atoms with Crippen molar-refractivity contribution >= 4 is 11.9 Å². The lowest BCUT2D eigenvalue weighted by atomic mass is 10.1. The Bertz CT molecular complexity index is 443. The van der Waals surface area contributed by atoms with Gasteiger partial charge in [0, 0.05) is 13.0 Å². The van der Waals surface area contributed by atoms with E-state index >= 15 is 0 Å². The Balaban J connectivity index is 2.17. The van der Waals surface area contributed by atoms with Crippen molar-refractivity contribution in [2.45, 2.75) is 39.2 Å². The maximum atomic E-state index is 12.7. The van der Waals surface area contributed by atoms with E-state index in [0.29, 0.717) is 12.8 Å². The predicted molar refractivity (Wildman–Crippen MR) is 73.6 cm³/mol. The highest BCUT2D eigenvalue weighted by molar-refractivity contribution is 5.77. The molecule has 0 bridgehead atoms. The molecule has 0 saturated carbocycles. The van der Waals surface area contributed by atoms with Crippen molar-refractivity contribution in [1.82, 2.24) is 5.32 Å². The zero-order valence-electron chi connectivity index (χ0n) is 11.8. The van der Waals surface area contributed by atoms with Crippen LogP contribution in [-0.4, -0.2) is 24.5 Å². The monoisotopic (exact) mass is 281 g/mol. The molecule has 1 rings (SSSR count). The van der Waals surface area contributed by atoms with Gasteiger partial charge in [-0.15, -0.1) is 0 Å². The van der Waals surface area contributed by atoms with E-state index in [1.54, 1.807) is 26.0 Å². The molecule has 0 fully saturated rings. The van der Waals surface area contributed by atoms with Crippen molar-refractivity contribution < 1.29 is 18.7 Å². The van der Waals surface area contributed by atoms with Crippen LogP contribution in [0.15, 0.2) is 24.3 Å². The first-order valence-corrected chi connectivity index (χ1v) is 6.68. The fourth-order valence-corrected chi connectivity index (χ4v) is 1.62.